The van der Waals surface area contributed by atoms with Gasteiger partial charge in [0.15, 0.2) is 0 Å². The summed E-state index contributed by atoms with van der Waals surface area (Å²) in [6, 6.07) is 31.2. The molecule has 0 spiro atoms. The quantitative estimate of drug-likeness (QED) is 0.115. The van der Waals surface area contributed by atoms with Crippen LogP contribution in [-0.4, -0.2) is 35.4 Å². The van der Waals surface area contributed by atoms with E-state index in [0.717, 1.165) is 35.5 Å². The average Bonchev–Trinajstić information content (AvgIpc) is 2.96. The van der Waals surface area contributed by atoms with Crippen molar-refractivity contribution in [3.63, 3.8) is 0 Å². The lowest BCUT2D eigenvalue weighted by Gasteiger charge is -2.18. The number of hydrogen-bond donors (Lipinski definition) is 4. The monoisotopic (exact) mass is 628 g/mol. The van der Waals surface area contributed by atoms with Crippen LogP contribution in [0.4, 0.5) is 0 Å². The Morgan fingerprint density at radius 3 is 1.36 bits per heavy atom. The normalized spacial score (nSPS) is 14.0. The number of hydrogen-bond acceptors (Lipinski definition) is 5. The van der Waals surface area contributed by atoms with Crippen LogP contribution in [-0.2, 0) is 12.8 Å². The molecule has 4 atom stereocenters. The molecule has 0 heterocycles. The van der Waals surface area contributed by atoms with E-state index in [1.165, 1.54) is 11.1 Å². The number of aliphatic hydroxyl groups excluding tert-OH is 2. The number of halogens is 3. The van der Waals surface area contributed by atoms with E-state index < -0.39 is 12.2 Å². The molecule has 0 saturated heterocycles. The second-order valence-electron chi connectivity index (χ2n) is 10.6. The third-order valence-corrected chi connectivity index (χ3v) is 7.42. The number of nitrogens with one attached hydrogen (secondary N) is 2. The molecule has 4 N–H and O–H groups in total. The Kier molecular flexibility index (Phi) is 13.6. The van der Waals surface area contributed by atoms with Gasteiger partial charge in [-0.1, -0.05) is 71.7 Å². The standard InChI is InChI=1S/C34H38Cl2N2O3.ClH/c1-23(37-21-33(39)27-5-3-7-29(35)19-27)17-25-9-13-31(14-10-25)41-32-15-11-26(12-16-32)18-24(2)38-22-34(40)28-6-4-8-30(36)20-28;/h3-16,19-20,23-24,33-34,37-40H,17-18,21-22H2,1-2H3;1H/t23-,24-,33+,34+;/m1./s1. The molecule has 0 saturated carbocycles. The Balaban J connectivity index is 0.00000484. The maximum atomic E-state index is 10.4. The smallest absolute Gasteiger partial charge is 0.127 e. The molecule has 0 aliphatic heterocycles. The lowest BCUT2D eigenvalue weighted by molar-refractivity contribution is 0.170. The van der Waals surface area contributed by atoms with Crippen molar-refractivity contribution in [2.75, 3.05) is 13.1 Å². The Morgan fingerprint density at radius 1 is 0.619 bits per heavy atom. The number of ether oxygens (including phenoxy) is 1. The van der Waals surface area contributed by atoms with Crippen molar-refractivity contribution < 1.29 is 14.9 Å². The van der Waals surface area contributed by atoms with Crippen molar-refractivity contribution in [1.82, 2.24) is 10.6 Å². The Bertz CT molecular complexity index is 1260. The summed E-state index contributed by atoms with van der Waals surface area (Å²) in [5.74, 6) is 1.56. The maximum Gasteiger partial charge on any atom is 0.127 e. The zero-order valence-corrected chi connectivity index (χ0v) is 26.2. The van der Waals surface area contributed by atoms with E-state index in [9.17, 15) is 10.2 Å². The molecule has 4 aromatic carbocycles. The van der Waals surface area contributed by atoms with Crippen molar-refractivity contribution in [2.24, 2.45) is 0 Å². The van der Waals surface area contributed by atoms with E-state index in [2.05, 4.69) is 48.7 Å². The summed E-state index contributed by atoms with van der Waals surface area (Å²) in [5.41, 5.74) is 3.99. The topological polar surface area (TPSA) is 73.8 Å². The minimum Gasteiger partial charge on any atom is -0.457 e. The molecule has 4 aromatic rings. The molecule has 8 heteroatoms. The van der Waals surface area contributed by atoms with E-state index in [1.54, 1.807) is 24.3 Å². The van der Waals surface area contributed by atoms with Crippen molar-refractivity contribution in [1.29, 1.82) is 0 Å². The zero-order valence-electron chi connectivity index (χ0n) is 23.8. The van der Waals surface area contributed by atoms with Crippen LogP contribution in [0.3, 0.4) is 0 Å². The Hall–Kier alpha value is -2.61. The van der Waals surface area contributed by atoms with Gasteiger partial charge >= 0.3 is 0 Å². The largest absolute Gasteiger partial charge is 0.457 e. The first kappa shape index (κ1) is 33.9. The summed E-state index contributed by atoms with van der Waals surface area (Å²) in [5, 5.41) is 28.9. The van der Waals surface area contributed by atoms with Gasteiger partial charge in [-0.05, 0) is 97.5 Å². The highest BCUT2D eigenvalue weighted by Gasteiger charge is 2.12. The predicted molar refractivity (Wildman–Crippen MR) is 175 cm³/mol. The van der Waals surface area contributed by atoms with Crippen molar-refractivity contribution in [3.8, 4) is 11.5 Å². The molecule has 0 unspecified atom stereocenters. The van der Waals surface area contributed by atoms with Gasteiger partial charge in [0, 0.05) is 35.2 Å². The molecule has 0 aromatic heterocycles. The van der Waals surface area contributed by atoms with Crippen LogP contribution in [0.15, 0.2) is 97.1 Å². The molecule has 0 radical (unpaired) electrons. The van der Waals surface area contributed by atoms with Crippen molar-refractivity contribution in [2.45, 2.75) is 51.0 Å². The van der Waals surface area contributed by atoms with E-state index in [0.29, 0.717) is 23.1 Å². The lowest BCUT2D eigenvalue weighted by Crippen LogP contribution is -2.32. The fourth-order valence-electron chi connectivity index (χ4n) is 4.66. The van der Waals surface area contributed by atoms with Gasteiger partial charge in [0.2, 0.25) is 0 Å². The minimum atomic E-state index is -0.606. The molecular formula is C34H39Cl3N2O3. The van der Waals surface area contributed by atoms with Crippen LogP contribution in [0.1, 0.15) is 48.3 Å². The summed E-state index contributed by atoms with van der Waals surface area (Å²) in [6.45, 7) is 5.12. The van der Waals surface area contributed by atoms with Crippen LogP contribution in [0.5, 0.6) is 11.5 Å². The third kappa shape index (κ3) is 10.9. The summed E-state index contributed by atoms with van der Waals surface area (Å²) < 4.78 is 6.05. The summed E-state index contributed by atoms with van der Waals surface area (Å²) >= 11 is 12.1. The third-order valence-electron chi connectivity index (χ3n) is 6.95. The predicted octanol–water partition coefficient (Wildman–Crippen LogP) is 7.72. The molecule has 42 heavy (non-hydrogen) atoms. The maximum absolute atomic E-state index is 10.4. The second kappa shape index (κ2) is 16.9. The summed E-state index contributed by atoms with van der Waals surface area (Å²) in [6.07, 6.45) is 0.454. The number of benzene rings is 4. The SMILES string of the molecule is C[C@H](Cc1ccc(Oc2ccc(C[C@@H](C)NC[C@H](O)c3cccc(Cl)c3)cc2)cc1)NC[C@H](O)c1cccc(Cl)c1.Cl. The first-order valence-corrected chi connectivity index (χ1v) is 14.7. The summed E-state index contributed by atoms with van der Waals surface area (Å²) in [7, 11) is 0. The van der Waals surface area contributed by atoms with Crippen LogP contribution in [0.25, 0.3) is 0 Å². The molecule has 0 aliphatic carbocycles. The molecule has 5 nitrogen and oxygen atoms in total. The highest BCUT2D eigenvalue weighted by molar-refractivity contribution is 6.30. The fraction of sp³-hybridized carbons (Fsp3) is 0.294. The molecule has 0 aliphatic rings. The number of aliphatic hydroxyl groups is 2. The van der Waals surface area contributed by atoms with Gasteiger partial charge < -0.3 is 25.6 Å². The molecule has 0 fully saturated rings. The highest BCUT2D eigenvalue weighted by atomic mass is 35.5. The van der Waals surface area contributed by atoms with Crippen LogP contribution in [0, 0.1) is 0 Å². The van der Waals surface area contributed by atoms with Gasteiger partial charge in [0.05, 0.1) is 12.2 Å². The Labute approximate surface area is 265 Å². The van der Waals surface area contributed by atoms with Gasteiger partial charge in [0.25, 0.3) is 0 Å². The molecule has 4 rings (SSSR count). The van der Waals surface area contributed by atoms with Gasteiger partial charge in [-0.3, -0.25) is 0 Å². The number of rotatable bonds is 14. The lowest BCUT2D eigenvalue weighted by atomic mass is 10.1. The molecular weight excluding hydrogens is 591 g/mol. The van der Waals surface area contributed by atoms with E-state index in [-0.39, 0.29) is 24.5 Å². The van der Waals surface area contributed by atoms with Gasteiger partial charge in [0.1, 0.15) is 11.5 Å². The van der Waals surface area contributed by atoms with E-state index in [4.69, 9.17) is 27.9 Å². The summed E-state index contributed by atoms with van der Waals surface area (Å²) in [4.78, 5) is 0. The van der Waals surface area contributed by atoms with E-state index in [1.807, 2.05) is 48.5 Å². The zero-order chi connectivity index (χ0) is 29.2. The van der Waals surface area contributed by atoms with Crippen molar-refractivity contribution >= 4 is 35.6 Å². The minimum absolute atomic E-state index is 0. The Morgan fingerprint density at radius 2 is 1.00 bits per heavy atom. The van der Waals surface area contributed by atoms with Gasteiger partial charge in [-0.15, -0.1) is 12.4 Å². The second-order valence-corrected chi connectivity index (χ2v) is 11.4. The van der Waals surface area contributed by atoms with Crippen LogP contribution in [0.2, 0.25) is 10.0 Å². The first-order valence-electron chi connectivity index (χ1n) is 13.9. The molecule has 0 amide bonds. The average molecular weight is 630 g/mol. The first-order chi connectivity index (χ1) is 19.7. The van der Waals surface area contributed by atoms with Crippen molar-refractivity contribution in [3.05, 3.63) is 129 Å². The highest BCUT2D eigenvalue weighted by Crippen LogP contribution is 2.24. The van der Waals surface area contributed by atoms with Gasteiger partial charge in [-0.25, -0.2) is 0 Å². The molecule has 224 valence electrons. The van der Waals surface area contributed by atoms with Crippen LogP contribution < -0.4 is 15.4 Å². The van der Waals surface area contributed by atoms with E-state index >= 15 is 0 Å². The fourth-order valence-corrected chi connectivity index (χ4v) is 5.06. The van der Waals surface area contributed by atoms with Crippen LogP contribution >= 0.6 is 35.6 Å². The molecule has 0 bridgehead atoms. The van der Waals surface area contributed by atoms with Gasteiger partial charge in [-0.2, -0.15) is 0 Å².